The molecular weight excluding hydrogens is 418 g/mol. The summed E-state index contributed by atoms with van der Waals surface area (Å²) in [6, 6.07) is 3.65. The van der Waals surface area contributed by atoms with Gasteiger partial charge in [-0.25, -0.2) is 13.4 Å². The number of sulfonamides is 1. The highest BCUT2D eigenvalue weighted by atomic mass is 32.2. The minimum atomic E-state index is -3.39. The van der Waals surface area contributed by atoms with Crippen LogP contribution >= 0.6 is 0 Å². The summed E-state index contributed by atoms with van der Waals surface area (Å²) < 4.78 is 33.4. The Morgan fingerprint density at radius 1 is 1.10 bits per heavy atom. The molecule has 1 N–H and O–H groups in total. The van der Waals surface area contributed by atoms with Gasteiger partial charge in [0.2, 0.25) is 16.0 Å². The molecule has 0 amide bonds. The van der Waals surface area contributed by atoms with Crippen molar-refractivity contribution >= 4 is 27.0 Å². The molecule has 3 aliphatic rings. The molecule has 4 heterocycles. The Balaban J connectivity index is 1.30. The zero-order chi connectivity index (χ0) is 21.4. The Hall–Kier alpha value is -2.30. The number of fused-ring (bicyclic) bond motifs is 1. The normalized spacial score (nSPS) is 21.4. The fourth-order valence-corrected chi connectivity index (χ4v) is 6.06. The fourth-order valence-electron chi connectivity index (χ4n) is 4.63. The maximum atomic E-state index is 12.6. The SMILES string of the molecule is O=c1ccc2cnc(NC3CCN(S(=O)(=O)C=C4COC4)CC3)nc2n1C1CCCC1. The smallest absolute Gasteiger partial charge is 0.252 e. The number of hydrogen-bond acceptors (Lipinski definition) is 7. The first kappa shape index (κ1) is 20.6. The molecule has 5 rings (SSSR count). The fraction of sp³-hybridized carbons (Fsp3) is 0.571. The van der Waals surface area contributed by atoms with Crippen LogP contribution in [0, 0.1) is 0 Å². The number of piperidine rings is 1. The molecule has 0 bridgehead atoms. The standard InChI is InChI=1S/C21H27N5O4S/c27-19-6-5-16-11-22-21(24-20(16)26(19)18-3-1-2-4-18)23-17-7-9-25(10-8-17)31(28,29)14-15-12-30-13-15/h5-6,11,14,17-18H,1-4,7-10,12-13H2,(H,22,23,24). The van der Waals surface area contributed by atoms with Gasteiger partial charge in [0.1, 0.15) is 5.65 Å². The summed E-state index contributed by atoms with van der Waals surface area (Å²) >= 11 is 0. The van der Waals surface area contributed by atoms with E-state index in [9.17, 15) is 13.2 Å². The molecule has 1 aliphatic carbocycles. The highest BCUT2D eigenvalue weighted by molar-refractivity contribution is 7.92. The van der Waals surface area contributed by atoms with Crippen LogP contribution in [0.5, 0.6) is 0 Å². The lowest BCUT2D eigenvalue weighted by molar-refractivity contribution is 0.103. The van der Waals surface area contributed by atoms with Gasteiger partial charge in [-0.1, -0.05) is 12.8 Å². The summed E-state index contributed by atoms with van der Waals surface area (Å²) in [5.74, 6) is 0.486. The van der Waals surface area contributed by atoms with E-state index in [4.69, 9.17) is 4.74 Å². The van der Waals surface area contributed by atoms with Crippen LogP contribution in [0.1, 0.15) is 44.6 Å². The van der Waals surface area contributed by atoms with Crippen molar-refractivity contribution in [1.29, 1.82) is 0 Å². The second-order valence-electron chi connectivity index (χ2n) is 8.58. The van der Waals surface area contributed by atoms with E-state index in [1.807, 2.05) is 4.57 Å². The van der Waals surface area contributed by atoms with E-state index in [-0.39, 0.29) is 17.6 Å². The van der Waals surface area contributed by atoms with Crippen LogP contribution in [-0.2, 0) is 14.8 Å². The van der Waals surface area contributed by atoms with Gasteiger partial charge in [-0.05, 0) is 37.3 Å². The molecule has 31 heavy (non-hydrogen) atoms. The lowest BCUT2D eigenvalue weighted by atomic mass is 10.1. The third kappa shape index (κ3) is 4.24. The van der Waals surface area contributed by atoms with Crippen molar-refractivity contribution in [1.82, 2.24) is 18.8 Å². The van der Waals surface area contributed by atoms with E-state index in [1.165, 1.54) is 9.71 Å². The van der Waals surface area contributed by atoms with Gasteiger partial charge < -0.3 is 10.1 Å². The summed E-state index contributed by atoms with van der Waals surface area (Å²) in [4.78, 5) is 21.7. The van der Waals surface area contributed by atoms with Crippen LogP contribution in [0.4, 0.5) is 5.95 Å². The second kappa shape index (κ2) is 8.33. The average Bonchev–Trinajstić information content (AvgIpc) is 3.25. The predicted molar refractivity (Wildman–Crippen MR) is 117 cm³/mol. The molecule has 10 heteroatoms. The molecule has 166 valence electrons. The van der Waals surface area contributed by atoms with E-state index in [0.717, 1.165) is 36.6 Å². The van der Waals surface area contributed by atoms with Crippen LogP contribution in [-0.4, -0.2) is 59.6 Å². The molecule has 1 saturated carbocycles. The molecule has 2 aromatic rings. The third-order valence-electron chi connectivity index (χ3n) is 6.39. The number of rotatable bonds is 5. The van der Waals surface area contributed by atoms with Gasteiger partial charge >= 0.3 is 0 Å². The molecule has 0 spiro atoms. The first-order chi connectivity index (χ1) is 15.0. The van der Waals surface area contributed by atoms with Gasteiger partial charge in [-0.2, -0.15) is 9.29 Å². The van der Waals surface area contributed by atoms with Gasteiger partial charge in [0.05, 0.1) is 13.2 Å². The van der Waals surface area contributed by atoms with Crippen molar-refractivity contribution in [2.45, 2.75) is 50.6 Å². The molecule has 2 saturated heterocycles. The highest BCUT2D eigenvalue weighted by Crippen LogP contribution is 2.30. The summed E-state index contributed by atoms with van der Waals surface area (Å²) in [5, 5.41) is 5.55. The number of hydrogen-bond donors (Lipinski definition) is 1. The zero-order valence-electron chi connectivity index (χ0n) is 17.4. The minimum absolute atomic E-state index is 0.0199. The maximum Gasteiger partial charge on any atom is 0.252 e. The van der Waals surface area contributed by atoms with Crippen LogP contribution in [0.15, 0.2) is 34.1 Å². The van der Waals surface area contributed by atoms with E-state index >= 15 is 0 Å². The molecule has 0 aromatic carbocycles. The Bertz CT molecular complexity index is 1160. The number of aromatic nitrogens is 3. The first-order valence-corrected chi connectivity index (χ1v) is 12.4. The molecule has 0 atom stereocenters. The Morgan fingerprint density at radius 3 is 2.52 bits per heavy atom. The lowest BCUT2D eigenvalue weighted by Crippen LogP contribution is -2.42. The van der Waals surface area contributed by atoms with Crippen molar-refractivity contribution in [2.75, 3.05) is 31.6 Å². The summed E-state index contributed by atoms with van der Waals surface area (Å²) in [6.07, 6.45) is 7.36. The topological polar surface area (TPSA) is 106 Å². The van der Waals surface area contributed by atoms with Crippen molar-refractivity contribution in [3.63, 3.8) is 0 Å². The molecule has 0 unspecified atom stereocenters. The van der Waals surface area contributed by atoms with Crippen LogP contribution < -0.4 is 10.9 Å². The number of nitrogens with one attached hydrogen (secondary N) is 1. The number of pyridine rings is 1. The highest BCUT2D eigenvalue weighted by Gasteiger charge is 2.28. The Labute approximate surface area is 181 Å². The first-order valence-electron chi connectivity index (χ1n) is 10.9. The van der Waals surface area contributed by atoms with E-state index < -0.39 is 10.0 Å². The van der Waals surface area contributed by atoms with Gasteiger partial charge in [0.15, 0.2) is 0 Å². The monoisotopic (exact) mass is 445 g/mol. The molecule has 2 aromatic heterocycles. The third-order valence-corrected chi connectivity index (χ3v) is 8.11. The van der Waals surface area contributed by atoms with Crippen LogP contribution in [0.3, 0.4) is 0 Å². The average molecular weight is 446 g/mol. The quantitative estimate of drug-likeness (QED) is 0.750. The van der Waals surface area contributed by atoms with E-state index in [2.05, 4.69) is 15.3 Å². The van der Waals surface area contributed by atoms with Crippen molar-refractivity contribution in [2.24, 2.45) is 0 Å². The second-order valence-corrected chi connectivity index (χ2v) is 10.4. The predicted octanol–water partition coefficient (Wildman–Crippen LogP) is 2.03. The minimum Gasteiger partial charge on any atom is -0.373 e. The van der Waals surface area contributed by atoms with Gasteiger partial charge in [-0.15, -0.1) is 0 Å². The Morgan fingerprint density at radius 2 is 1.84 bits per heavy atom. The number of ether oxygens (including phenoxy) is 1. The van der Waals surface area contributed by atoms with Gasteiger partial charge in [-0.3, -0.25) is 9.36 Å². The summed E-state index contributed by atoms with van der Waals surface area (Å²) in [7, 11) is -3.39. The molecule has 2 aliphatic heterocycles. The van der Waals surface area contributed by atoms with E-state index in [1.54, 1.807) is 18.3 Å². The molecule has 0 radical (unpaired) electrons. The number of nitrogens with zero attached hydrogens (tertiary/aromatic N) is 4. The van der Waals surface area contributed by atoms with Crippen LogP contribution in [0.25, 0.3) is 11.0 Å². The zero-order valence-corrected chi connectivity index (χ0v) is 18.2. The van der Waals surface area contributed by atoms with E-state index in [0.29, 0.717) is 50.7 Å². The summed E-state index contributed by atoms with van der Waals surface area (Å²) in [6.45, 7) is 1.71. The van der Waals surface area contributed by atoms with Crippen molar-refractivity contribution in [3.8, 4) is 0 Å². The number of anilines is 1. The largest absolute Gasteiger partial charge is 0.373 e. The lowest BCUT2D eigenvalue weighted by Gasteiger charge is -2.31. The van der Waals surface area contributed by atoms with Crippen molar-refractivity contribution < 1.29 is 13.2 Å². The van der Waals surface area contributed by atoms with Gasteiger partial charge in [0, 0.05) is 48.2 Å². The molecule has 3 fully saturated rings. The van der Waals surface area contributed by atoms with Crippen LogP contribution in [0.2, 0.25) is 0 Å². The van der Waals surface area contributed by atoms with Crippen molar-refractivity contribution in [3.05, 3.63) is 39.7 Å². The summed E-state index contributed by atoms with van der Waals surface area (Å²) in [5.41, 5.74) is 1.47. The molecule has 9 nitrogen and oxygen atoms in total. The molecular formula is C21H27N5O4S. The Kier molecular flexibility index (Phi) is 5.53. The maximum absolute atomic E-state index is 12.6. The van der Waals surface area contributed by atoms with Gasteiger partial charge in [0.25, 0.3) is 5.56 Å².